The third-order valence-corrected chi connectivity index (χ3v) is 3.75. The number of nitrogens with two attached hydrogens (primary N) is 1. The molecule has 0 aliphatic rings. The number of thiazole rings is 1. The van der Waals surface area contributed by atoms with E-state index in [0.717, 1.165) is 15.4 Å². The molecule has 2 aromatic rings. The van der Waals surface area contributed by atoms with Gasteiger partial charge in [0.05, 0.1) is 23.7 Å². The van der Waals surface area contributed by atoms with Crippen molar-refractivity contribution in [3.8, 4) is 11.8 Å². The highest BCUT2D eigenvalue weighted by Crippen LogP contribution is 2.13. The summed E-state index contributed by atoms with van der Waals surface area (Å²) in [6.07, 6.45) is 1.78. The van der Waals surface area contributed by atoms with Crippen molar-refractivity contribution < 1.29 is 4.79 Å². The molecule has 1 heterocycles. The highest BCUT2D eigenvalue weighted by atomic mass is 32.1. The Balaban J connectivity index is 2.14. The van der Waals surface area contributed by atoms with Crippen LogP contribution in [0.15, 0.2) is 24.4 Å². The average molecular weight is 299 g/mol. The lowest BCUT2D eigenvalue weighted by molar-refractivity contribution is 0.0951. The zero-order valence-electron chi connectivity index (χ0n) is 12.1. The number of hydrogen-bond donors (Lipinski definition) is 2. The maximum atomic E-state index is 12.3. The monoisotopic (exact) mass is 299 g/mol. The van der Waals surface area contributed by atoms with Crippen LogP contribution in [-0.4, -0.2) is 17.4 Å². The number of nitrogens with one attached hydrogen (secondary N) is 1. The molecule has 0 radical (unpaired) electrons. The quantitative estimate of drug-likeness (QED) is 0.852. The number of carbonyl (C=O) groups excluding carboxylic acids is 1. The van der Waals surface area contributed by atoms with Gasteiger partial charge in [0.2, 0.25) is 0 Å². The van der Waals surface area contributed by atoms with Gasteiger partial charge in [-0.15, -0.1) is 11.3 Å². The molecule has 0 spiro atoms. The Labute approximate surface area is 128 Å². The normalized spacial score (nSPS) is 9.86. The molecule has 4 nitrogen and oxygen atoms in total. The Morgan fingerprint density at radius 2 is 2.24 bits per heavy atom. The molecule has 1 amide bonds. The zero-order chi connectivity index (χ0) is 15.2. The van der Waals surface area contributed by atoms with E-state index < -0.39 is 0 Å². The first-order valence-corrected chi connectivity index (χ1v) is 7.41. The average Bonchev–Trinajstić information content (AvgIpc) is 2.88. The molecule has 0 aliphatic heterocycles. The molecular weight excluding hydrogens is 282 g/mol. The van der Waals surface area contributed by atoms with Gasteiger partial charge in [0.1, 0.15) is 0 Å². The van der Waals surface area contributed by atoms with Crippen molar-refractivity contribution in [2.24, 2.45) is 5.73 Å². The fourth-order valence-corrected chi connectivity index (χ4v) is 2.59. The van der Waals surface area contributed by atoms with Crippen LogP contribution in [0.2, 0.25) is 0 Å². The Kier molecular flexibility index (Phi) is 5.09. The number of nitrogens with zero attached hydrogens (tertiary/aromatic N) is 1. The van der Waals surface area contributed by atoms with E-state index in [9.17, 15) is 4.79 Å². The largest absolute Gasteiger partial charge is 0.347 e. The second kappa shape index (κ2) is 7.02. The van der Waals surface area contributed by atoms with Crippen LogP contribution in [0.1, 0.15) is 31.4 Å². The van der Waals surface area contributed by atoms with Gasteiger partial charge in [-0.05, 0) is 31.5 Å². The first kappa shape index (κ1) is 15.2. The van der Waals surface area contributed by atoms with Crippen LogP contribution in [-0.2, 0) is 6.54 Å². The van der Waals surface area contributed by atoms with Crippen LogP contribution in [0, 0.1) is 25.7 Å². The standard InChI is InChI=1S/C16H17N3OS/c1-11-5-6-15(13(8-11)4-3-7-17)16(20)19-10-14-9-18-12(2)21-14/h5-6,8-9H,7,10,17H2,1-2H3,(H,19,20). The molecule has 5 heteroatoms. The summed E-state index contributed by atoms with van der Waals surface area (Å²) in [5, 5.41) is 3.89. The third kappa shape index (κ3) is 4.15. The molecular formula is C16H17N3OS. The van der Waals surface area contributed by atoms with Crippen molar-refractivity contribution in [1.29, 1.82) is 0 Å². The lowest BCUT2D eigenvalue weighted by Crippen LogP contribution is -2.23. The van der Waals surface area contributed by atoms with E-state index in [1.165, 1.54) is 0 Å². The highest BCUT2D eigenvalue weighted by Gasteiger charge is 2.10. The van der Waals surface area contributed by atoms with Crippen molar-refractivity contribution in [3.05, 3.63) is 51.0 Å². The van der Waals surface area contributed by atoms with Crippen molar-refractivity contribution in [1.82, 2.24) is 10.3 Å². The van der Waals surface area contributed by atoms with E-state index in [2.05, 4.69) is 22.1 Å². The fourth-order valence-electron chi connectivity index (χ4n) is 1.86. The van der Waals surface area contributed by atoms with E-state index in [4.69, 9.17) is 5.73 Å². The zero-order valence-corrected chi connectivity index (χ0v) is 12.9. The number of rotatable bonds is 3. The second-order valence-corrected chi connectivity index (χ2v) is 5.90. The lowest BCUT2D eigenvalue weighted by Gasteiger charge is -2.07. The lowest BCUT2D eigenvalue weighted by atomic mass is 10.0. The molecule has 0 bridgehead atoms. The van der Waals surface area contributed by atoms with Gasteiger partial charge < -0.3 is 11.1 Å². The summed E-state index contributed by atoms with van der Waals surface area (Å²) in [5.41, 5.74) is 7.74. The number of aryl methyl sites for hydroxylation is 2. The summed E-state index contributed by atoms with van der Waals surface area (Å²) in [6.45, 7) is 4.66. The van der Waals surface area contributed by atoms with Crippen LogP contribution >= 0.6 is 11.3 Å². The second-order valence-electron chi connectivity index (χ2n) is 4.58. The minimum Gasteiger partial charge on any atom is -0.347 e. The molecule has 0 saturated carbocycles. The molecule has 0 unspecified atom stereocenters. The molecule has 1 aromatic heterocycles. The van der Waals surface area contributed by atoms with Gasteiger partial charge in [-0.25, -0.2) is 4.98 Å². The summed E-state index contributed by atoms with van der Waals surface area (Å²) in [4.78, 5) is 17.5. The van der Waals surface area contributed by atoms with Crippen LogP contribution < -0.4 is 11.1 Å². The number of aromatic nitrogens is 1. The first-order valence-electron chi connectivity index (χ1n) is 6.59. The topological polar surface area (TPSA) is 68.0 Å². The first-order chi connectivity index (χ1) is 10.1. The Morgan fingerprint density at radius 3 is 2.90 bits per heavy atom. The Bertz CT molecular complexity index is 710. The highest BCUT2D eigenvalue weighted by molar-refractivity contribution is 7.11. The Hall–Kier alpha value is -2.16. The smallest absolute Gasteiger partial charge is 0.252 e. The maximum absolute atomic E-state index is 12.3. The van der Waals surface area contributed by atoms with E-state index >= 15 is 0 Å². The molecule has 1 aromatic carbocycles. The predicted molar refractivity (Wildman–Crippen MR) is 85.1 cm³/mol. The van der Waals surface area contributed by atoms with Gasteiger partial charge in [0.15, 0.2) is 0 Å². The van der Waals surface area contributed by atoms with Crippen LogP contribution in [0.4, 0.5) is 0 Å². The molecule has 0 fully saturated rings. The van der Waals surface area contributed by atoms with Gasteiger partial charge in [-0.1, -0.05) is 17.9 Å². The van der Waals surface area contributed by atoms with Crippen molar-refractivity contribution in [2.75, 3.05) is 6.54 Å². The fraction of sp³-hybridized carbons (Fsp3) is 0.250. The number of hydrogen-bond acceptors (Lipinski definition) is 4. The van der Waals surface area contributed by atoms with Crippen LogP contribution in [0.25, 0.3) is 0 Å². The maximum Gasteiger partial charge on any atom is 0.252 e. The minimum atomic E-state index is -0.137. The molecule has 21 heavy (non-hydrogen) atoms. The van der Waals surface area contributed by atoms with Crippen LogP contribution in [0.3, 0.4) is 0 Å². The van der Waals surface area contributed by atoms with Crippen LogP contribution in [0.5, 0.6) is 0 Å². The summed E-state index contributed by atoms with van der Waals surface area (Å²) >= 11 is 1.58. The van der Waals surface area contributed by atoms with Gasteiger partial charge in [0, 0.05) is 16.6 Å². The SMILES string of the molecule is Cc1ccc(C(=O)NCc2cnc(C)s2)c(C#CCN)c1. The van der Waals surface area contributed by atoms with Gasteiger partial charge in [0.25, 0.3) is 5.91 Å². The summed E-state index contributed by atoms with van der Waals surface area (Å²) in [7, 11) is 0. The predicted octanol–water partition coefficient (Wildman–Crippen LogP) is 2.00. The molecule has 0 atom stereocenters. The summed E-state index contributed by atoms with van der Waals surface area (Å²) in [5.74, 6) is 5.61. The van der Waals surface area contributed by atoms with Crippen molar-refractivity contribution in [3.63, 3.8) is 0 Å². The van der Waals surface area contributed by atoms with Gasteiger partial charge in [-0.2, -0.15) is 0 Å². The molecule has 0 aliphatic carbocycles. The number of benzene rings is 1. The third-order valence-electron chi connectivity index (χ3n) is 2.84. The van der Waals surface area contributed by atoms with Crippen molar-refractivity contribution in [2.45, 2.75) is 20.4 Å². The van der Waals surface area contributed by atoms with E-state index in [1.54, 1.807) is 23.6 Å². The van der Waals surface area contributed by atoms with Gasteiger partial charge >= 0.3 is 0 Å². The van der Waals surface area contributed by atoms with Gasteiger partial charge in [-0.3, -0.25) is 4.79 Å². The van der Waals surface area contributed by atoms with Crippen molar-refractivity contribution >= 4 is 17.2 Å². The summed E-state index contributed by atoms with van der Waals surface area (Å²) in [6, 6.07) is 5.59. The Morgan fingerprint density at radius 1 is 1.43 bits per heavy atom. The number of carbonyl (C=O) groups is 1. The number of amides is 1. The molecule has 108 valence electrons. The molecule has 0 saturated heterocycles. The summed E-state index contributed by atoms with van der Waals surface area (Å²) < 4.78 is 0. The molecule has 2 rings (SSSR count). The molecule has 3 N–H and O–H groups in total. The van der Waals surface area contributed by atoms with E-state index in [1.807, 2.05) is 26.0 Å². The minimum absolute atomic E-state index is 0.137. The van der Waals surface area contributed by atoms with E-state index in [0.29, 0.717) is 17.7 Å². The van der Waals surface area contributed by atoms with E-state index in [-0.39, 0.29) is 12.5 Å².